The lowest BCUT2D eigenvalue weighted by atomic mass is 9.93. The smallest absolute Gasteiger partial charge is 0.258 e. The highest BCUT2D eigenvalue weighted by Gasteiger charge is 2.34. The third-order valence-electron chi connectivity index (χ3n) is 6.17. The van der Waals surface area contributed by atoms with Crippen LogP contribution in [0.25, 0.3) is 10.9 Å². The van der Waals surface area contributed by atoms with Crippen LogP contribution in [0, 0.1) is 5.92 Å². The average molecular weight is 396 g/mol. The number of nitrogens with zero attached hydrogens (tertiary/aromatic N) is 2. The third kappa shape index (κ3) is 4.49. The van der Waals surface area contributed by atoms with E-state index in [9.17, 15) is 14.4 Å². The van der Waals surface area contributed by atoms with Gasteiger partial charge in [-0.3, -0.25) is 14.4 Å². The lowest BCUT2D eigenvalue weighted by Gasteiger charge is -2.37. The summed E-state index contributed by atoms with van der Waals surface area (Å²) in [6.07, 6.45) is 7.89. The van der Waals surface area contributed by atoms with Gasteiger partial charge in [0, 0.05) is 19.0 Å². The number of H-pyrrole nitrogens is 1. The Kier molecular flexibility index (Phi) is 5.92. The molecule has 2 fully saturated rings. The molecule has 0 spiro atoms. The normalized spacial score (nSPS) is 21.2. The van der Waals surface area contributed by atoms with E-state index in [1.165, 1.54) is 12.8 Å². The van der Waals surface area contributed by atoms with Gasteiger partial charge in [0.15, 0.2) is 0 Å². The molecule has 0 unspecified atom stereocenters. The molecule has 0 radical (unpaired) electrons. The highest BCUT2D eigenvalue weighted by atomic mass is 16.2. The zero-order valence-electron chi connectivity index (χ0n) is 16.7. The van der Waals surface area contributed by atoms with Crippen molar-refractivity contribution in [2.75, 3.05) is 6.54 Å². The molecule has 2 amide bonds. The first-order valence-corrected chi connectivity index (χ1v) is 10.7. The number of piperidine rings is 1. The summed E-state index contributed by atoms with van der Waals surface area (Å²) in [5.74, 6) is 0.339. The van der Waals surface area contributed by atoms with E-state index in [-0.39, 0.29) is 35.9 Å². The fourth-order valence-electron chi connectivity index (χ4n) is 4.54. The van der Waals surface area contributed by atoms with E-state index in [1.54, 1.807) is 18.2 Å². The van der Waals surface area contributed by atoms with E-state index >= 15 is 0 Å². The van der Waals surface area contributed by atoms with Crippen molar-refractivity contribution in [1.29, 1.82) is 0 Å². The van der Waals surface area contributed by atoms with Gasteiger partial charge in [-0.2, -0.15) is 0 Å². The van der Waals surface area contributed by atoms with Crippen LogP contribution in [-0.4, -0.2) is 39.3 Å². The first-order valence-electron chi connectivity index (χ1n) is 10.7. The zero-order valence-corrected chi connectivity index (χ0v) is 16.7. The van der Waals surface area contributed by atoms with E-state index < -0.39 is 0 Å². The molecule has 2 N–H and O–H groups in total. The molecule has 29 heavy (non-hydrogen) atoms. The predicted octanol–water partition coefficient (Wildman–Crippen LogP) is 2.50. The van der Waals surface area contributed by atoms with Crippen molar-refractivity contribution in [3.05, 3.63) is 40.4 Å². The topological polar surface area (TPSA) is 95.2 Å². The van der Waals surface area contributed by atoms with E-state index in [2.05, 4.69) is 15.3 Å². The van der Waals surface area contributed by atoms with Crippen molar-refractivity contribution in [3.63, 3.8) is 0 Å². The molecule has 1 saturated heterocycles. The summed E-state index contributed by atoms with van der Waals surface area (Å²) in [5, 5.41) is 3.44. The van der Waals surface area contributed by atoms with Crippen LogP contribution in [0.2, 0.25) is 0 Å². The van der Waals surface area contributed by atoms with Crippen LogP contribution in [0.4, 0.5) is 0 Å². The van der Waals surface area contributed by atoms with Crippen LogP contribution in [0.5, 0.6) is 0 Å². The monoisotopic (exact) mass is 396 g/mol. The number of aromatic nitrogens is 2. The van der Waals surface area contributed by atoms with Crippen LogP contribution in [0.15, 0.2) is 29.1 Å². The molecule has 2 aromatic rings. The number of benzene rings is 1. The van der Waals surface area contributed by atoms with Crippen molar-refractivity contribution in [2.45, 2.75) is 64.0 Å². The fourth-order valence-corrected chi connectivity index (χ4v) is 4.54. The Hall–Kier alpha value is -2.70. The third-order valence-corrected chi connectivity index (χ3v) is 6.17. The van der Waals surface area contributed by atoms with Gasteiger partial charge in [0.1, 0.15) is 5.82 Å². The molecule has 154 valence electrons. The summed E-state index contributed by atoms with van der Waals surface area (Å²) < 4.78 is 0. The van der Waals surface area contributed by atoms with Crippen molar-refractivity contribution in [3.8, 4) is 0 Å². The number of carbonyl (C=O) groups excluding carboxylic acids is 2. The van der Waals surface area contributed by atoms with Crippen molar-refractivity contribution >= 4 is 22.7 Å². The first kappa shape index (κ1) is 19.6. The minimum absolute atomic E-state index is 0.0769. The molecule has 1 aromatic heterocycles. The number of hydrogen-bond acceptors (Lipinski definition) is 4. The van der Waals surface area contributed by atoms with Gasteiger partial charge in [-0.15, -0.1) is 0 Å². The number of carbonyl (C=O) groups is 2. The Bertz CT molecular complexity index is 946. The Morgan fingerprint density at radius 1 is 1.10 bits per heavy atom. The Morgan fingerprint density at radius 3 is 2.66 bits per heavy atom. The summed E-state index contributed by atoms with van der Waals surface area (Å²) in [6.45, 7) is 0.670. The van der Waals surface area contributed by atoms with Gasteiger partial charge in [0.25, 0.3) is 5.56 Å². The number of likely N-dealkylation sites (tertiary alicyclic amines) is 1. The number of fused-ring (bicyclic) bond motifs is 1. The molecule has 7 nitrogen and oxygen atoms in total. The van der Waals surface area contributed by atoms with Crippen LogP contribution in [0.1, 0.15) is 57.2 Å². The van der Waals surface area contributed by atoms with Crippen LogP contribution in [0.3, 0.4) is 0 Å². The number of hydrogen-bond donors (Lipinski definition) is 2. The quantitative estimate of drug-likeness (QED) is 0.776. The molecule has 2 aliphatic rings. The molecule has 0 bridgehead atoms. The highest BCUT2D eigenvalue weighted by Crippen LogP contribution is 2.27. The number of rotatable bonds is 4. The van der Waals surface area contributed by atoms with E-state index in [4.69, 9.17) is 0 Å². The van der Waals surface area contributed by atoms with E-state index in [0.29, 0.717) is 36.1 Å². The predicted molar refractivity (Wildman–Crippen MR) is 110 cm³/mol. The second-order valence-electron chi connectivity index (χ2n) is 8.17. The Labute approximate surface area is 169 Å². The first-order chi connectivity index (χ1) is 14.1. The molecular weight excluding hydrogens is 368 g/mol. The number of aromatic amines is 1. The number of para-hydroxylation sites is 1. The maximum Gasteiger partial charge on any atom is 0.258 e. The fraction of sp³-hybridized carbons (Fsp3) is 0.545. The molecule has 1 aromatic carbocycles. The van der Waals surface area contributed by atoms with Crippen molar-refractivity contribution in [2.24, 2.45) is 5.92 Å². The summed E-state index contributed by atoms with van der Waals surface area (Å²) in [5.41, 5.74) is 0.408. The van der Waals surface area contributed by atoms with Gasteiger partial charge in [0.05, 0.1) is 23.4 Å². The van der Waals surface area contributed by atoms with E-state index in [1.807, 2.05) is 11.0 Å². The van der Waals surface area contributed by atoms with Crippen molar-refractivity contribution in [1.82, 2.24) is 20.2 Å². The lowest BCUT2D eigenvalue weighted by Crippen LogP contribution is -2.49. The average Bonchev–Trinajstić information content (AvgIpc) is 3.02. The van der Waals surface area contributed by atoms with Crippen LogP contribution in [-0.2, 0) is 16.1 Å². The summed E-state index contributed by atoms with van der Waals surface area (Å²) in [4.78, 5) is 46.5. The molecular formula is C22H28N4O3. The SMILES string of the molecule is O=C(NCc1nc2ccccc2c(=O)[nH]1)[C@H]1CCC(=O)N(C2CCCCCC2)C1. The molecule has 1 aliphatic carbocycles. The second kappa shape index (κ2) is 8.76. The molecule has 2 heterocycles. The molecule has 1 saturated carbocycles. The molecule has 4 rings (SSSR count). The largest absolute Gasteiger partial charge is 0.349 e. The van der Waals surface area contributed by atoms with Gasteiger partial charge in [-0.1, -0.05) is 37.8 Å². The molecule has 1 aliphatic heterocycles. The number of amides is 2. The summed E-state index contributed by atoms with van der Waals surface area (Å²) in [6, 6.07) is 7.42. The summed E-state index contributed by atoms with van der Waals surface area (Å²) in [7, 11) is 0. The minimum atomic E-state index is -0.206. The Balaban J connectivity index is 1.39. The molecule has 7 heteroatoms. The van der Waals surface area contributed by atoms with Crippen LogP contribution < -0.4 is 10.9 Å². The highest BCUT2D eigenvalue weighted by molar-refractivity contribution is 5.84. The second-order valence-corrected chi connectivity index (χ2v) is 8.17. The maximum atomic E-state index is 12.8. The van der Waals surface area contributed by atoms with Gasteiger partial charge in [-0.05, 0) is 31.4 Å². The van der Waals surface area contributed by atoms with Gasteiger partial charge < -0.3 is 15.2 Å². The van der Waals surface area contributed by atoms with E-state index in [0.717, 1.165) is 25.7 Å². The maximum absolute atomic E-state index is 12.8. The number of nitrogens with one attached hydrogen (secondary N) is 2. The van der Waals surface area contributed by atoms with Gasteiger partial charge in [-0.25, -0.2) is 4.98 Å². The zero-order chi connectivity index (χ0) is 20.2. The summed E-state index contributed by atoms with van der Waals surface area (Å²) >= 11 is 0. The lowest BCUT2D eigenvalue weighted by molar-refractivity contribution is -0.141. The minimum Gasteiger partial charge on any atom is -0.349 e. The Morgan fingerprint density at radius 2 is 1.86 bits per heavy atom. The standard InChI is InChI=1S/C22H28N4O3/c27-20-12-11-15(14-26(20)16-7-3-1-2-4-8-16)21(28)23-13-19-24-18-10-6-5-9-17(18)22(29)25-19/h5-6,9-10,15-16H,1-4,7-8,11-14H2,(H,23,28)(H,24,25,29)/t15-/m0/s1. The molecule has 1 atom stereocenters. The van der Waals surface area contributed by atoms with Crippen molar-refractivity contribution < 1.29 is 9.59 Å². The van der Waals surface area contributed by atoms with Gasteiger partial charge in [0.2, 0.25) is 11.8 Å². The van der Waals surface area contributed by atoms with Gasteiger partial charge >= 0.3 is 0 Å². The van der Waals surface area contributed by atoms with Crippen LogP contribution >= 0.6 is 0 Å².